The average molecular weight is 669 g/mol. The highest BCUT2D eigenvalue weighted by Crippen LogP contribution is 2.29. The number of thioether (sulfide) groups is 1. The predicted molar refractivity (Wildman–Crippen MR) is 183 cm³/mol. The smallest absolute Gasteiger partial charge is 0.272 e. The Bertz CT molecular complexity index is 1900. The Morgan fingerprint density at radius 2 is 1.60 bits per heavy atom. The summed E-state index contributed by atoms with van der Waals surface area (Å²) in [4.78, 5) is 44.1. The van der Waals surface area contributed by atoms with E-state index >= 15 is 0 Å². The zero-order chi connectivity index (χ0) is 33.2. The Balaban J connectivity index is 1.21. The van der Waals surface area contributed by atoms with Gasteiger partial charge < -0.3 is 25.4 Å². The summed E-state index contributed by atoms with van der Waals surface area (Å²) in [6.07, 6.45) is 1.55. The van der Waals surface area contributed by atoms with Crippen LogP contribution in [0.5, 0.6) is 11.5 Å². The number of halogens is 1. The van der Waals surface area contributed by atoms with E-state index in [1.807, 2.05) is 0 Å². The molecule has 4 aromatic carbocycles. The maximum Gasteiger partial charge on any atom is 0.272 e. The quantitative estimate of drug-likeness (QED) is 0.0958. The first-order chi connectivity index (χ1) is 22.8. The molecule has 0 saturated carbocycles. The summed E-state index contributed by atoms with van der Waals surface area (Å²) in [5.74, 6) is -0.399. The molecule has 238 valence electrons. The largest absolute Gasteiger partial charge is 0.493 e. The molecule has 3 N–H and O–H groups in total. The number of rotatable bonds is 12. The molecule has 5 rings (SSSR count). The van der Waals surface area contributed by atoms with E-state index in [1.54, 1.807) is 96.4 Å². The Kier molecular flexibility index (Phi) is 11.0. The van der Waals surface area contributed by atoms with Gasteiger partial charge in [0.15, 0.2) is 16.6 Å². The minimum Gasteiger partial charge on any atom is -0.493 e. The molecule has 3 amide bonds. The molecule has 0 aliphatic rings. The number of aromatic nitrogens is 1. The number of nitrogens with one attached hydrogen (secondary N) is 3. The average Bonchev–Trinajstić information content (AvgIpc) is 3.56. The second-order valence-electron chi connectivity index (χ2n) is 9.85. The molecular formula is C35H29FN4O5S2. The van der Waals surface area contributed by atoms with Gasteiger partial charge in [0, 0.05) is 27.1 Å². The molecule has 0 radical (unpaired) electrons. The summed E-state index contributed by atoms with van der Waals surface area (Å²) in [5, 5.41) is 10.6. The van der Waals surface area contributed by atoms with E-state index in [9.17, 15) is 18.8 Å². The zero-order valence-corrected chi connectivity index (χ0v) is 26.9. The number of benzene rings is 4. The Morgan fingerprint density at radius 1 is 0.872 bits per heavy atom. The van der Waals surface area contributed by atoms with Crippen LogP contribution < -0.4 is 25.4 Å². The first-order valence-corrected chi connectivity index (χ1v) is 16.0. The van der Waals surface area contributed by atoms with Crippen LogP contribution in [-0.4, -0.2) is 42.7 Å². The molecular weight excluding hydrogens is 640 g/mol. The maximum absolute atomic E-state index is 13.4. The van der Waals surface area contributed by atoms with Crippen LogP contribution in [0.2, 0.25) is 0 Å². The van der Waals surface area contributed by atoms with Crippen molar-refractivity contribution in [1.29, 1.82) is 0 Å². The number of carbonyl (C=O) groups is 3. The highest BCUT2D eigenvalue weighted by Gasteiger charge is 2.16. The molecule has 1 heterocycles. The van der Waals surface area contributed by atoms with Gasteiger partial charge >= 0.3 is 0 Å². The van der Waals surface area contributed by atoms with Crippen molar-refractivity contribution in [3.8, 4) is 22.8 Å². The summed E-state index contributed by atoms with van der Waals surface area (Å²) in [5.41, 5.74) is 2.92. The number of ether oxygens (including phenoxy) is 2. The zero-order valence-electron chi connectivity index (χ0n) is 25.3. The third-order valence-corrected chi connectivity index (χ3v) is 8.39. The highest BCUT2D eigenvalue weighted by atomic mass is 32.2. The normalized spacial score (nSPS) is 11.0. The predicted octanol–water partition coefficient (Wildman–Crippen LogP) is 7.11. The molecule has 0 atom stereocenters. The standard InChI is InChI=1S/C35H29FN4O5S2/c1-44-30-17-8-22(19-31(30)45-2)18-28(38-33(42)24-6-4-3-5-7-24)34(43)37-26-13-15-27(16-14-26)46-21-32(41)40-35-39-29(20-47-35)23-9-11-25(36)12-10-23/h3-20H,21H2,1-2H3,(H,37,43)(H,38,42)(H,39,40,41)/b28-18-. The van der Waals surface area contributed by atoms with Crippen molar-refractivity contribution in [1.82, 2.24) is 10.3 Å². The van der Waals surface area contributed by atoms with E-state index in [4.69, 9.17) is 9.47 Å². The topological polar surface area (TPSA) is 119 Å². The van der Waals surface area contributed by atoms with Crippen molar-refractivity contribution in [2.45, 2.75) is 4.90 Å². The fraction of sp³-hybridized carbons (Fsp3) is 0.0857. The lowest BCUT2D eigenvalue weighted by Gasteiger charge is -2.13. The molecule has 0 spiro atoms. The number of anilines is 2. The van der Waals surface area contributed by atoms with E-state index < -0.39 is 11.8 Å². The maximum atomic E-state index is 13.4. The summed E-state index contributed by atoms with van der Waals surface area (Å²) < 4.78 is 23.9. The third-order valence-electron chi connectivity index (χ3n) is 6.62. The summed E-state index contributed by atoms with van der Waals surface area (Å²) in [6, 6.07) is 26.7. The van der Waals surface area contributed by atoms with E-state index in [2.05, 4.69) is 20.9 Å². The minimum atomic E-state index is -0.535. The van der Waals surface area contributed by atoms with Crippen molar-refractivity contribution < 1.29 is 28.2 Å². The van der Waals surface area contributed by atoms with Crippen molar-refractivity contribution in [2.75, 3.05) is 30.6 Å². The lowest BCUT2D eigenvalue weighted by molar-refractivity contribution is -0.114. The van der Waals surface area contributed by atoms with Crippen LogP contribution >= 0.6 is 23.1 Å². The van der Waals surface area contributed by atoms with Crippen molar-refractivity contribution >= 4 is 57.7 Å². The van der Waals surface area contributed by atoms with Crippen molar-refractivity contribution in [3.05, 3.63) is 125 Å². The van der Waals surface area contributed by atoms with Gasteiger partial charge in [-0.3, -0.25) is 14.4 Å². The van der Waals surface area contributed by atoms with Crippen LogP contribution in [0.4, 0.5) is 15.2 Å². The number of amides is 3. The lowest BCUT2D eigenvalue weighted by Crippen LogP contribution is -2.30. The molecule has 47 heavy (non-hydrogen) atoms. The van der Waals surface area contributed by atoms with Crippen molar-refractivity contribution in [2.24, 2.45) is 0 Å². The lowest BCUT2D eigenvalue weighted by atomic mass is 10.1. The minimum absolute atomic E-state index is 0.0194. The van der Waals surface area contributed by atoms with Crippen molar-refractivity contribution in [3.63, 3.8) is 0 Å². The van der Waals surface area contributed by atoms with Gasteiger partial charge in [0.25, 0.3) is 11.8 Å². The van der Waals surface area contributed by atoms with E-state index in [1.165, 1.54) is 49.5 Å². The number of hydrogen-bond acceptors (Lipinski definition) is 8. The first kappa shape index (κ1) is 32.9. The molecule has 0 saturated heterocycles. The van der Waals surface area contributed by atoms with Gasteiger partial charge in [-0.25, -0.2) is 9.37 Å². The van der Waals surface area contributed by atoms with Crippen LogP contribution in [0.25, 0.3) is 17.3 Å². The number of hydrogen-bond donors (Lipinski definition) is 3. The fourth-order valence-electron chi connectivity index (χ4n) is 4.27. The van der Waals surface area contributed by atoms with Gasteiger partial charge in [0.05, 0.1) is 25.7 Å². The molecule has 5 aromatic rings. The molecule has 1 aromatic heterocycles. The van der Waals surface area contributed by atoms with Crippen LogP contribution in [0, 0.1) is 5.82 Å². The molecule has 0 bridgehead atoms. The molecule has 0 fully saturated rings. The molecule has 0 aliphatic heterocycles. The van der Waals surface area contributed by atoms with Crippen LogP contribution in [-0.2, 0) is 9.59 Å². The van der Waals surface area contributed by atoms with E-state index in [-0.39, 0.29) is 23.2 Å². The van der Waals surface area contributed by atoms with Gasteiger partial charge in [-0.15, -0.1) is 23.1 Å². The molecule has 0 unspecified atom stereocenters. The van der Waals surface area contributed by atoms with Crippen LogP contribution in [0.3, 0.4) is 0 Å². The van der Waals surface area contributed by atoms with Gasteiger partial charge in [0.2, 0.25) is 5.91 Å². The first-order valence-electron chi connectivity index (χ1n) is 14.2. The van der Waals surface area contributed by atoms with E-state index in [0.29, 0.717) is 39.1 Å². The molecule has 9 nitrogen and oxygen atoms in total. The Morgan fingerprint density at radius 3 is 2.30 bits per heavy atom. The van der Waals surface area contributed by atoms with Gasteiger partial charge in [-0.05, 0) is 84.4 Å². The summed E-state index contributed by atoms with van der Waals surface area (Å²) in [6.45, 7) is 0. The fourth-order valence-corrected chi connectivity index (χ4v) is 5.71. The number of methoxy groups -OCH3 is 2. The van der Waals surface area contributed by atoms with Crippen LogP contribution in [0.1, 0.15) is 15.9 Å². The second kappa shape index (κ2) is 15.7. The number of nitrogens with zero attached hydrogens (tertiary/aromatic N) is 1. The second-order valence-corrected chi connectivity index (χ2v) is 11.8. The third kappa shape index (κ3) is 9.06. The van der Waals surface area contributed by atoms with Gasteiger partial charge in [0.1, 0.15) is 11.5 Å². The van der Waals surface area contributed by atoms with E-state index in [0.717, 1.165) is 10.5 Å². The van der Waals surface area contributed by atoms with Crippen LogP contribution in [0.15, 0.2) is 113 Å². The number of thiazole rings is 1. The molecule has 12 heteroatoms. The van der Waals surface area contributed by atoms with Gasteiger partial charge in [-0.2, -0.15) is 0 Å². The SMILES string of the molecule is COc1ccc(/C=C(\NC(=O)c2ccccc2)C(=O)Nc2ccc(SCC(=O)Nc3nc(-c4ccc(F)cc4)cs3)cc2)cc1OC. The Hall–Kier alpha value is -5.46. The monoisotopic (exact) mass is 668 g/mol. The highest BCUT2D eigenvalue weighted by molar-refractivity contribution is 8.00. The molecule has 0 aliphatic carbocycles. The summed E-state index contributed by atoms with van der Waals surface area (Å²) in [7, 11) is 3.04. The summed E-state index contributed by atoms with van der Waals surface area (Å²) >= 11 is 2.61. The number of carbonyl (C=O) groups excluding carboxylic acids is 3. The van der Waals surface area contributed by atoms with Gasteiger partial charge in [-0.1, -0.05) is 24.3 Å². The Labute approximate surface area is 278 Å².